The molecule has 0 bridgehead atoms. The van der Waals surface area contributed by atoms with E-state index in [-0.39, 0.29) is 11.9 Å². The lowest BCUT2D eigenvalue weighted by atomic mass is 10.0. The molecule has 2 aromatic carbocycles. The standard InChI is InChI=1S/C22H20N2OS/c1-15-9-11-16(12-10-15)22(25)24(2)21(20-8-5-13-26-20)18-14-23-19-7-4-3-6-17(18)19/h3-14,21,23H,1-2H3. The van der Waals surface area contributed by atoms with Crippen LogP contribution in [0.1, 0.15) is 32.4 Å². The molecule has 2 heterocycles. The molecular formula is C22H20N2OS. The number of hydrogen-bond acceptors (Lipinski definition) is 2. The minimum atomic E-state index is -0.125. The first-order valence-electron chi connectivity index (χ1n) is 8.58. The zero-order valence-electron chi connectivity index (χ0n) is 14.8. The highest BCUT2D eigenvalue weighted by Gasteiger charge is 2.27. The van der Waals surface area contributed by atoms with Crippen molar-refractivity contribution in [1.29, 1.82) is 0 Å². The molecule has 2 aromatic heterocycles. The van der Waals surface area contributed by atoms with E-state index < -0.39 is 0 Å². The molecule has 0 aliphatic rings. The first-order valence-corrected chi connectivity index (χ1v) is 9.46. The Hall–Kier alpha value is -2.85. The van der Waals surface area contributed by atoms with Crippen LogP contribution in [0.3, 0.4) is 0 Å². The molecule has 0 radical (unpaired) electrons. The van der Waals surface area contributed by atoms with E-state index in [1.807, 2.05) is 67.5 Å². The Labute approximate surface area is 156 Å². The largest absolute Gasteiger partial charge is 0.361 e. The zero-order chi connectivity index (χ0) is 18.1. The summed E-state index contributed by atoms with van der Waals surface area (Å²) in [7, 11) is 1.88. The Kier molecular flexibility index (Phi) is 4.35. The highest BCUT2D eigenvalue weighted by Crippen LogP contribution is 2.35. The molecule has 0 spiro atoms. The lowest BCUT2D eigenvalue weighted by molar-refractivity contribution is 0.0758. The van der Waals surface area contributed by atoms with Gasteiger partial charge in [0.05, 0.1) is 6.04 Å². The van der Waals surface area contributed by atoms with E-state index in [0.29, 0.717) is 5.56 Å². The molecular weight excluding hydrogens is 340 g/mol. The highest BCUT2D eigenvalue weighted by molar-refractivity contribution is 7.10. The van der Waals surface area contributed by atoms with Crippen LogP contribution in [-0.4, -0.2) is 22.8 Å². The van der Waals surface area contributed by atoms with Crippen molar-refractivity contribution >= 4 is 28.1 Å². The topological polar surface area (TPSA) is 36.1 Å². The summed E-state index contributed by atoms with van der Waals surface area (Å²) >= 11 is 1.67. The summed E-state index contributed by atoms with van der Waals surface area (Å²) in [4.78, 5) is 19.5. The predicted molar refractivity (Wildman–Crippen MR) is 108 cm³/mol. The molecule has 0 fully saturated rings. The molecule has 0 saturated heterocycles. The number of benzene rings is 2. The average molecular weight is 360 g/mol. The van der Waals surface area contributed by atoms with E-state index in [1.165, 1.54) is 0 Å². The molecule has 4 rings (SSSR count). The SMILES string of the molecule is Cc1ccc(C(=O)N(C)C(c2cccs2)c2c[nH]c3ccccc23)cc1. The summed E-state index contributed by atoms with van der Waals surface area (Å²) in [6, 6.07) is 20.0. The van der Waals surface area contributed by atoms with Crippen molar-refractivity contribution in [2.24, 2.45) is 0 Å². The second-order valence-electron chi connectivity index (χ2n) is 6.49. The normalized spacial score (nSPS) is 12.2. The number of H-pyrrole nitrogens is 1. The van der Waals surface area contributed by atoms with E-state index in [9.17, 15) is 4.79 Å². The Morgan fingerprint density at radius 2 is 1.81 bits per heavy atom. The van der Waals surface area contributed by atoms with E-state index in [4.69, 9.17) is 0 Å². The van der Waals surface area contributed by atoms with Crippen LogP contribution in [0, 0.1) is 6.92 Å². The van der Waals surface area contributed by atoms with Gasteiger partial charge in [-0.1, -0.05) is 42.0 Å². The Balaban J connectivity index is 1.79. The molecule has 1 unspecified atom stereocenters. The number of aryl methyl sites for hydroxylation is 1. The molecule has 1 amide bonds. The maximum absolute atomic E-state index is 13.1. The van der Waals surface area contributed by atoms with Crippen LogP contribution < -0.4 is 0 Å². The number of aromatic amines is 1. The van der Waals surface area contributed by atoms with Crippen molar-refractivity contribution in [2.45, 2.75) is 13.0 Å². The molecule has 4 aromatic rings. The lowest BCUT2D eigenvalue weighted by Gasteiger charge is -2.27. The Morgan fingerprint density at radius 1 is 1.04 bits per heavy atom. The van der Waals surface area contributed by atoms with Gasteiger partial charge in [0, 0.05) is 40.2 Å². The highest BCUT2D eigenvalue weighted by atomic mass is 32.1. The second kappa shape index (κ2) is 6.81. The third-order valence-corrected chi connectivity index (χ3v) is 5.66. The number of nitrogens with one attached hydrogen (secondary N) is 1. The fourth-order valence-corrected chi connectivity index (χ4v) is 4.22. The number of carbonyl (C=O) groups excluding carboxylic acids is 1. The van der Waals surface area contributed by atoms with Crippen LogP contribution in [0.2, 0.25) is 0 Å². The Bertz CT molecular complexity index is 1030. The molecule has 3 nitrogen and oxygen atoms in total. The lowest BCUT2D eigenvalue weighted by Crippen LogP contribution is -2.31. The smallest absolute Gasteiger partial charge is 0.254 e. The van der Waals surface area contributed by atoms with Gasteiger partial charge in [0.25, 0.3) is 5.91 Å². The molecule has 1 atom stereocenters. The Morgan fingerprint density at radius 3 is 2.54 bits per heavy atom. The van der Waals surface area contributed by atoms with Gasteiger partial charge in [-0.2, -0.15) is 0 Å². The quantitative estimate of drug-likeness (QED) is 0.520. The number of fused-ring (bicyclic) bond motifs is 1. The van der Waals surface area contributed by atoms with Gasteiger partial charge >= 0.3 is 0 Å². The van der Waals surface area contributed by atoms with Crippen molar-refractivity contribution in [2.75, 3.05) is 7.05 Å². The van der Waals surface area contributed by atoms with E-state index in [0.717, 1.165) is 26.9 Å². The minimum Gasteiger partial charge on any atom is -0.361 e. The zero-order valence-corrected chi connectivity index (χ0v) is 15.6. The first kappa shape index (κ1) is 16.6. The van der Waals surface area contributed by atoms with Crippen molar-refractivity contribution in [3.8, 4) is 0 Å². The first-order chi connectivity index (χ1) is 12.6. The van der Waals surface area contributed by atoms with Crippen LogP contribution in [0.4, 0.5) is 0 Å². The second-order valence-corrected chi connectivity index (χ2v) is 7.47. The minimum absolute atomic E-state index is 0.0219. The summed E-state index contributed by atoms with van der Waals surface area (Å²) in [5.74, 6) is 0.0219. The van der Waals surface area contributed by atoms with Gasteiger partial charge in [-0.3, -0.25) is 4.79 Å². The molecule has 4 heteroatoms. The number of rotatable bonds is 4. The van der Waals surface area contributed by atoms with Crippen LogP contribution >= 0.6 is 11.3 Å². The number of amides is 1. The summed E-state index contributed by atoms with van der Waals surface area (Å²) in [6.07, 6.45) is 2.02. The van der Waals surface area contributed by atoms with Crippen LogP contribution in [0.25, 0.3) is 10.9 Å². The van der Waals surface area contributed by atoms with E-state index >= 15 is 0 Å². The summed E-state index contributed by atoms with van der Waals surface area (Å²) < 4.78 is 0. The molecule has 0 aliphatic heterocycles. The van der Waals surface area contributed by atoms with Crippen LogP contribution in [0.15, 0.2) is 72.2 Å². The van der Waals surface area contributed by atoms with E-state index in [2.05, 4.69) is 28.6 Å². The predicted octanol–water partition coefficient (Wildman–Crippen LogP) is 5.40. The van der Waals surface area contributed by atoms with Gasteiger partial charge in [0.2, 0.25) is 0 Å². The van der Waals surface area contributed by atoms with Crippen LogP contribution in [-0.2, 0) is 0 Å². The van der Waals surface area contributed by atoms with Gasteiger partial charge in [-0.05, 0) is 36.6 Å². The maximum atomic E-state index is 13.1. The monoisotopic (exact) mass is 360 g/mol. The van der Waals surface area contributed by atoms with Crippen LogP contribution in [0.5, 0.6) is 0 Å². The summed E-state index contributed by atoms with van der Waals surface area (Å²) in [5, 5.41) is 3.20. The summed E-state index contributed by atoms with van der Waals surface area (Å²) in [5.41, 5.74) is 4.06. The van der Waals surface area contributed by atoms with Gasteiger partial charge in [-0.15, -0.1) is 11.3 Å². The number of aromatic nitrogens is 1. The molecule has 0 aliphatic carbocycles. The van der Waals surface area contributed by atoms with Gasteiger partial charge in [0.15, 0.2) is 0 Å². The van der Waals surface area contributed by atoms with Gasteiger partial charge in [-0.25, -0.2) is 0 Å². The number of thiophene rings is 1. The fourth-order valence-electron chi connectivity index (χ4n) is 3.34. The number of para-hydroxylation sites is 1. The third kappa shape index (κ3) is 2.93. The van der Waals surface area contributed by atoms with E-state index in [1.54, 1.807) is 11.3 Å². The summed E-state index contributed by atoms with van der Waals surface area (Å²) in [6.45, 7) is 2.03. The van der Waals surface area contributed by atoms with Crippen molar-refractivity contribution in [3.63, 3.8) is 0 Å². The van der Waals surface area contributed by atoms with Gasteiger partial charge < -0.3 is 9.88 Å². The van der Waals surface area contributed by atoms with Crippen molar-refractivity contribution in [1.82, 2.24) is 9.88 Å². The molecule has 0 saturated carbocycles. The maximum Gasteiger partial charge on any atom is 0.254 e. The van der Waals surface area contributed by atoms with Crippen molar-refractivity contribution < 1.29 is 4.79 Å². The molecule has 1 N–H and O–H groups in total. The molecule has 26 heavy (non-hydrogen) atoms. The average Bonchev–Trinajstić information content (AvgIpc) is 3.33. The van der Waals surface area contributed by atoms with Crippen molar-refractivity contribution in [3.05, 3.63) is 93.8 Å². The van der Waals surface area contributed by atoms with Gasteiger partial charge in [0.1, 0.15) is 0 Å². The molecule has 130 valence electrons. The number of carbonyl (C=O) groups is 1. The number of nitrogens with zero attached hydrogens (tertiary/aromatic N) is 1. The third-order valence-electron chi connectivity index (χ3n) is 4.73. The fraction of sp³-hybridized carbons (Fsp3) is 0.136. The number of hydrogen-bond donors (Lipinski definition) is 1.